The molecule has 0 aliphatic carbocycles. The second kappa shape index (κ2) is 8.39. The third-order valence-corrected chi connectivity index (χ3v) is 6.07. The fraction of sp³-hybridized carbons (Fsp3) is 0.316. The van der Waals surface area contributed by atoms with Gasteiger partial charge in [0, 0.05) is 3.57 Å². The minimum Gasteiger partial charge on any atom is -0.348 e. The van der Waals surface area contributed by atoms with E-state index in [0.29, 0.717) is 5.69 Å². The minimum absolute atomic E-state index is 0.208. The number of hydrogen-bond acceptors (Lipinski definition) is 3. The Bertz CT molecular complexity index is 896. The van der Waals surface area contributed by atoms with E-state index in [-0.39, 0.29) is 18.5 Å². The zero-order valence-electron chi connectivity index (χ0n) is 15.3. The molecule has 0 radical (unpaired) electrons. The van der Waals surface area contributed by atoms with Gasteiger partial charge in [-0.2, -0.15) is 0 Å². The van der Waals surface area contributed by atoms with Crippen LogP contribution in [0.3, 0.4) is 0 Å². The number of halogens is 1. The van der Waals surface area contributed by atoms with Crippen molar-refractivity contribution in [2.45, 2.75) is 26.8 Å². The van der Waals surface area contributed by atoms with Gasteiger partial charge in [0.1, 0.15) is 6.54 Å². The van der Waals surface area contributed by atoms with Crippen molar-refractivity contribution in [3.8, 4) is 0 Å². The van der Waals surface area contributed by atoms with Gasteiger partial charge in [0.05, 0.1) is 18.0 Å². The molecule has 1 N–H and O–H groups in total. The zero-order valence-corrected chi connectivity index (χ0v) is 18.3. The van der Waals surface area contributed by atoms with Crippen LogP contribution >= 0.6 is 22.6 Å². The van der Waals surface area contributed by atoms with Crippen molar-refractivity contribution < 1.29 is 13.2 Å². The highest BCUT2D eigenvalue weighted by molar-refractivity contribution is 14.1. The molecule has 5 nitrogen and oxygen atoms in total. The molecule has 1 atom stereocenters. The summed E-state index contributed by atoms with van der Waals surface area (Å²) < 4.78 is 26.4. The third-order valence-electron chi connectivity index (χ3n) is 4.21. The van der Waals surface area contributed by atoms with Gasteiger partial charge in [-0.1, -0.05) is 18.2 Å². The highest BCUT2D eigenvalue weighted by Crippen LogP contribution is 2.20. The van der Waals surface area contributed by atoms with Crippen molar-refractivity contribution in [3.63, 3.8) is 0 Å². The number of hydrogen-bond donors (Lipinski definition) is 1. The molecule has 0 aliphatic heterocycles. The quantitative estimate of drug-likeness (QED) is 0.636. The van der Waals surface area contributed by atoms with Gasteiger partial charge in [0.2, 0.25) is 15.9 Å². The molecule has 0 saturated heterocycles. The van der Waals surface area contributed by atoms with E-state index in [1.54, 1.807) is 12.1 Å². The van der Waals surface area contributed by atoms with Gasteiger partial charge in [-0.3, -0.25) is 9.10 Å². The first-order chi connectivity index (χ1) is 12.1. The lowest BCUT2D eigenvalue weighted by Crippen LogP contribution is -2.41. The smallest absolute Gasteiger partial charge is 0.241 e. The lowest BCUT2D eigenvalue weighted by molar-refractivity contribution is -0.120. The lowest BCUT2D eigenvalue weighted by Gasteiger charge is -2.23. The molecule has 140 valence electrons. The first kappa shape index (κ1) is 20.7. The van der Waals surface area contributed by atoms with Crippen molar-refractivity contribution in [3.05, 3.63) is 62.7 Å². The Morgan fingerprint density at radius 3 is 2.27 bits per heavy atom. The molecule has 0 heterocycles. The average molecular weight is 486 g/mol. The summed E-state index contributed by atoms with van der Waals surface area (Å²) in [4.78, 5) is 12.5. The number of nitrogens with one attached hydrogen (secondary N) is 1. The second-order valence-corrected chi connectivity index (χ2v) is 9.53. The van der Waals surface area contributed by atoms with Gasteiger partial charge in [0.15, 0.2) is 0 Å². The fourth-order valence-electron chi connectivity index (χ4n) is 2.54. The molecule has 2 aromatic carbocycles. The van der Waals surface area contributed by atoms with Gasteiger partial charge >= 0.3 is 0 Å². The number of sulfonamides is 1. The molecule has 26 heavy (non-hydrogen) atoms. The van der Waals surface area contributed by atoms with E-state index in [2.05, 4.69) is 27.9 Å². The van der Waals surface area contributed by atoms with E-state index in [1.807, 2.05) is 51.1 Å². The van der Waals surface area contributed by atoms with E-state index >= 15 is 0 Å². The molecule has 0 aromatic heterocycles. The molecule has 1 unspecified atom stereocenters. The Morgan fingerprint density at radius 2 is 1.73 bits per heavy atom. The number of anilines is 1. The van der Waals surface area contributed by atoms with Gasteiger partial charge in [0.25, 0.3) is 0 Å². The van der Waals surface area contributed by atoms with Crippen LogP contribution in [0.25, 0.3) is 0 Å². The van der Waals surface area contributed by atoms with E-state index in [9.17, 15) is 13.2 Å². The topological polar surface area (TPSA) is 66.5 Å². The zero-order chi connectivity index (χ0) is 19.5. The summed E-state index contributed by atoms with van der Waals surface area (Å²) in [7, 11) is -3.57. The second-order valence-electron chi connectivity index (χ2n) is 6.38. The summed E-state index contributed by atoms with van der Waals surface area (Å²) in [6.45, 7) is 5.69. The van der Waals surface area contributed by atoms with Gasteiger partial charge in [-0.15, -0.1) is 0 Å². The van der Waals surface area contributed by atoms with Crippen molar-refractivity contribution in [1.82, 2.24) is 5.32 Å². The number of aryl methyl sites for hydroxylation is 2. The van der Waals surface area contributed by atoms with Gasteiger partial charge in [-0.05, 0) is 84.3 Å². The highest BCUT2D eigenvalue weighted by atomic mass is 127. The summed E-state index contributed by atoms with van der Waals surface area (Å²) in [5.74, 6) is -0.347. The van der Waals surface area contributed by atoms with Crippen LogP contribution in [0.4, 0.5) is 5.69 Å². The predicted molar refractivity (Wildman–Crippen MR) is 114 cm³/mol. The predicted octanol–water partition coefficient (Wildman–Crippen LogP) is 3.55. The van der Waals surface area contributed by atoms with E-state index in [1.165, 1.54) is 5.56 Å². The van der Waals surface area contributed by atoms with Crippen LogP contribution in [0.5, 0.6) is 0 Å². The normalized spacial score (nSPS) is 12.5. The monoisotopic (exact) mass is 486 g/mol. The summed E-state index contributed by atoms with van der Waals surface area (Å²) in [6, 6.07) is 12.8. The molecule has 7 heteroatoms. The molecule has 0 saturated carbocycles. The Morgan fingerprint density at radius 1 is 1.12 bits per heavy atom. The van der Waals surface area contributed by atoms with Gasteiger partial charge < -0.3 is 5.32 Å². The molecular formula is C19H23IN2O3S. The number of rotatable bonds is 6. The van der Waals surface area contributed by atoms with Crippen molar-refractivity contribution in [2.75, 3.05) is 17.1 Å². The van der Waals surface area contributed by atoms with Crippen molar-refractivity contribution in [2.24, 2.45) is 0 Å². The van der Waals surface area contributed by atoms with Crippen LogP contribution in [0.1, 0.15) is 29.7 Å². The summed E-state index contributed by atoms with van der Waals surface area (Å²) >= 11 is 2.15. The van der Waals surface area contributed by atoms with Crippen LogP contribution < -0.4 is 9.62 Å². The molecule has 0 bridgehead atoms. The number of carbonyl (C=O) groups excluding carboxylic acids is 1. The number of benzene rings is 2. The molecule has 2 rings (SSSR count). The lowest BCUT2D eigenvalue weighted by atomic mass is 10.0. The van der Waals surface area contributed by atoms with Crippen LogP contribution in [0, 0.1) is 17.4 Å². The van der Waals surface area contributed by atoms with E-state index < -0.39 is 10.0 Å². The van der Waals surface area contributed by atoms with Crippen molar-refractivity contribution in [1.29, 1.82) is 0 Å². The average Bonchev–Trinajstić information content (AvgIpc) is 2.55. The molecule has 0 aliphatic rings. The van der Waals surface area contributed by atoms with E-state index in [0.717, 1.165) is 25.3 Å². The van der Waals surface area contributed by atoms with Crippen LogP contribution in [-0.2, 0) is 14.8 Å². The maximum absolute atomic E-state index is 12.5. The maximum Gasteiger partial charge on any atom is 0.241 e. The highest BCUT2D eigenvalue weighted by Gasteiger charge is 2.22. The minimum atomic E-state index is -3.57. The van der Waals surface area contributed by atoms with Gasteiger partial charge in [-0.25, -0.2) is 8.42 Å². The standard InChI is InChI=1S/C19H23IN2O3S/c1-13-5-6-16(11-14(13)2)15(3)21-19(23)12-22(26(4,24)25)18-9-7-17(20)8-10-18/h5-11,15H,12H2,1-4H3,(H,21,23). The third kappa shape index (κ3) is 5.44. The van der Waals surface area contributed by atoms with Crippen LogP contribution in [0.15, 0.2) is 42.5 Å². The van der Waals surface area contributed by atoms with Crippen LogP contribution in [0.2, 0.25) is 0 Å². The first-order valence-electron chi connectivity index (χ1n) is 8.17. The van der Waals surface area contributed by atoms with E-state index in [4.69, 9.17) is 0 Å². The SMILES string of the molecule is Cc1ccc(C(C)NC(=O)CN(c2ccc(I)cc2)S(C)(=O)=O)cc1C. The molecular weight excluding hydrogens is 463 g/mol. The summed E-state index contributed by atoms with van der Waals surface area (Å²) in [6.07, 6.45) is 1.10. The Balaban J connectivity index is 2.14. The Kier molecular flexibility index (Phi) is 6.68. The molecule has 2 aromatic rings. The first-order valence-corrected chi connectivity index (χ1v) is 11.1. The van der Waals surface area contributed by atoms with Crippen LogP contribution in [-0.4, -0.2) is 27.1 Å². The molecule has 0 spiro atoms. The summed E-state index contributed by atoms with van der Waals surface area (Å²) in [5.41, 5.74) is 3.80. The molecule has 1 amide bonds. The largest absolute Gasteiger partial charge is 0.348 e. The number of nitrogens with zero attached hydrogens (tertiary/aromatic N) is 1. The number of carbonyl (C=O) groups is 1. The summed E-state index contributed by atoms with van der Waals surface area (Å²) in [5, 5.41) is 2.88. The van der Waals surface area contributed by atoms with Crippen molar-refractivity contribution >= 4 is 44.2 Å². The number of amides is 1. The Hall–Kier alpha value is -1.61. The Labute approximate surface area is 169 Å². The fourth-order valence-corrected chi connectivity index (χ4v) is 3.76. The maximum atomic E-state index is 12.5. The molecule has 0 fully saturated rings.